The molecule has 1 aliphatic heterocycles. The molecule has 2 saturated carbocycles. The van der Waals surface area contributed by atoms with Crippen LogP contribution < -0.4 is 4.90 Å². The number of piperidine rings is 1. The molecule has 1 spiro atoms. The predicted molar refractivity (Wildman–Crippen MR) is 144 cm³/mol. The van der Waals surface area contributed by atoms with Crippen molar-refractivity contribution < 1.29 is 8.91 Å². The summed E-state index contributed by atoms with van der Waals surface area (Å²) < 4.78 is 21.4. The van der Waals surface area contributed by atoms with Gasteiger partial charge in [0.25, 0.3) is 0 Å². The lowest BCUT2D eigenvalue weighted by Gasteiger charge is -2.52. The van der Waals surface area contributed by atoms with E-state index in [1.807, 2.05) is 13.0 Å². The molecule has 0 unspecified atom stereocenters. The molecule has 186 valence electrons. The van der Waals surface area contributed by atoms with Gasteiger partial charge in [0, 0.05) is 30.1 Å². The summed E-state index contributed by atoms with van der Waals surface area (Å²) in [5, 5.41) is 5.64. The molecule has 0 N–H and O–H groups in total. The van der Waals surface area contributed by atoms with Crippen LogP contribution >= 0.6 is 11.3 Å². The molecule has 0 atom stereocenters. The van der Waals surface area contributed by atoms with Crippen LogP contribution in [0.3, 0.4) is 0 Å². The Balaban J connectivity index is 1.11. The second-order valence-electron chi connectivity index (χ2n) is 11.5. The fraction of sp³-hybridized carbons (Fsp3) is 0.467. The average molecular weight is 502 g/mol. The van der Waals surface area contributed by atoms with Crippen molar-refractivity contribution in [2.75, 3.05) is 18.0 Å². The minimum atomic E-state index is -0.206. The standard InChI is InChI=1S/C30H32FN3OS/c1-17-13-22(31)26-23(14-17)36-29(32-26)34-11-9-30(10-12-34)15-21(16-30)25-27(33-35-28(25)20-7-8-20)24-18(2)5-4-6-19(24)3/h4-6,13-14,20-21H,7-12,15-16H2,1-3H3. The maximum Gasteiger partial charge on any atom is 0.186 e. The van der Waals surface area contributed by atoms with Crippen LogP contribution in [0.15, 0.2) is 34.9 Å². The quantitative estimate of drug-likeness (QED) is 0.284. The lowest BCUT2D eigenvalue weighted by molar-refractivity contribution is 0.0676. The molecule has 3 heterocycles. The summed E-state index contributed by atoms with van der Waals surface area (Å²) in [6.07, 6.45) is 7.22. The van der Waals surface area contributed by atoms with Crippen molar-refractivity contribution in [1.82, 2.24) is 10.1 Å². The molecule has 2 aromatic heterocycles. The number of nitrogens with zero attached hydrogens (tertiary/aromatic N) is 3. The average Bonchev–Trinajstić information content (AvgIpc) is 3.44. The van der Waals surface area contributed by atoms with E-state index >= 15 is 0 Å². The molecule has 3 aliphatic rings. The minimum absolute atomic E-state index is 0.206. The van der Waals surface area contributed by atoms with Crippen LogP contribution in [0.1, 0.15) is 78.4 Å². The molecule has 1 saturated heterocycles. The van der Waals surface area contributed by atoms with Gasteiger partial charge < -0.3 is 9.42 Å². The summed E-state index contributed by atoms with van der Waals surface area (Å²) in [4.78, 5) is 7.04. The Morgan fingerprint density at radius 2 is 1.75 bits per heavy atom. The molecular weight excluding hydrogens is 469 g/mol. The van der Waals surface area contributed by atoms with Gasteiger partial charge in [0.2, 0.25) is 0 Å². The van der Waals surface area contributed by atoms with Gasteiger partial charge in [0.05, 0.1) is 4.70 Å². The predicted octanol–water partition coefficient (Wildman–Crippen LogP) is 8.06. The van der Waals surface area contributed by atoms with Crippen molar-refractivity contribution >= 4 is 26.7 Å². The largest absolute Gasteiger partial charge is 0.360 e. The van der Waals surface area contributed by atoms with Crippen LogP contribution in [0, 0.1) is 32.0 Å². The molecule has 2 aliphatic carbocycles. The van der Waals surface area contributed by atoms with E-state index in [9.17, 15) is 4.39 Å². The van der Waals surface area contributed by atoms with Crippen molar-refractivity contribution in [2.45, 2.75) is 71.1 Å². The number of rotatable bonds is 4. The highest BCUT2D eigenvalue weighted by Gasteiger charge is 2.49. The summed E-state index contributed by atoms with van der Waals surface area (Å²) in [5.74, 6) is 2.05. The molecule has 4 nitrogen and oxygen atoms in total. The molecule has 36 heavy (non-hydrogen) atoms. The topological polar surface area (TPSA) is 42.2 Å². The van der Waals surface area contributed by atoms with E-state index in [1.165, 1.54) is 60.8 Å². The second-order valence-corrected chi connectivity index (χ2v) is 12.5. The van der Waals surface area contributed by atoms with Gasteiger partial charge in [-0.3, -0.25) is 0 Å². The van der Waals surface area contributed by atoms with Crippen LogP contribution in [0.4, 0.5) is 9.52 Å². The van der Waals surface area contributed by atoms with Crippen molar-refractivity contribution in [3.8, 4) is 11.3 Å². The van der Waals surface area contributed by atoms with Gasteiger partial charge in [-0.25, -0.2) is 9.37 Å². The number of benzene rings is 2. The Labute approximate surface area is 215 Å². The zero-order chi connectivity index (χ0) is 24.6. The molecule has 6 heteroatoms. The van der Waals surface area contributed by atoms with Crippen molar-refractivity contribution in [3.63, 3.8) is 0 Å². The summed E-state index contributed by atoms with van der Waals surface area (Å²) in [5.41, 5.74) is 8.18. The van der Waals surface area contributed by atoms with Gasteiger partial charge in [-0.1, -0.05) is 34.7 Å². The van der Waals surface area contributed by atoms with Crippen LogP contribution in [-0.2, 0) is 0 Å². The Morgan fingerprint density at radius 3 is 2.44 bits per heavy atom. The minimum Gasteiger partial charge on any atom is -0.360 e. The highest BCUT2D eigenvalue weighted by atomic mass is 32.1. The molecule has 4 aromatic rings. The Kier molecular flexibility index (Phi) is 5.08. The molecule has 0 radical (unpaired) electrons. The van der Waals surface area contributed by atoms with Crippen LogP contribution in [-0.4, -0.2) is 23.2 Å². The number of hydrogen-bond donors (Lipinski definition) is 0. The summed E-state index contributed by atoms with van der Waals surface area (Å²) in [7, 11) is 0. The van der Waals surface area contributed by atoms with Crippen molar-refractivity contribution in [3.05, 3.63) is 64.2 Å². The Hall–Kier alpha value is -2.73. The highest BCUT2D eigenvalue weighted by molar-refractivity contribution is 7.22. The van der Waals surface area contributed by atoms with E-state index < -0.39 is 0 Å². The van der Waals surface area contributed by atoms with Gasteiger partial charge in [0.1, 0.15) is 17.0 Å². The Bertz CT molecular complexity index is 1450. The normalized spacial score (nSPS) is 19.8. The molecule has 0 amide bonds. The third-order valence-corrected chi connectivity index (χ3v) is 9.93. The third kappa shape index (κ3) is 3.60. The van der Waals surface area contributed by atoms with Crippen LogP contribution in [0.2, 0.25) is 0 Å². The van der Waals surface area contributed by atoms with Gasteiger partial charge in [-0.15, -0.1) is 0 Å². The van der Waals surface area contributed by atoms with E-state index in [1.54, 1.807) is 17.4 Å². The molecule has 0 bridgehead atoms. The van der Waals surface area contributed by atoms with Gasteiger partial charge in [-0.05, 0) is 99.5 Å². The van der Waals surface area contributed by atoms with Gasteiger partial charge in [0.15, 0.2) is 10.9 Å². The van der Waals surface area contributed by atoms with Gasteiger partial charge >= 0.3 is 0 Å². The first kappa shape index (κ1) is 22.5. The number of fused-ring (bicyclic) bond motifs is 1. The Morgan fingerprint density at radius 1 is 1.03 bits per heavy atom. The molecular formula is C30H32FN3OS. The van der Waals surface area contributed by atoms with Crippen molar-refractivity contribution in [2.24, 2.45) is 5.41 Å². The summed E-state index contributed by atoms with van der Waals surface area (Å²) in [6, 6.07) is 10.1. The SMILES string of the molecule is Cc1cc(F)c2nc(N3CCC4(CC3)CC(c3c(-c5c(C)cccc5C)noc3C3CC3)C4)sc2c1. The smallest absolute Gasteiger partial charge is 0.186 e. The van der Waals surface area contributed by atoms with E-state index in [0.29, 0.717) is 22.8 Å². The highest BCUT2D eigenvalue weighted by Crippen LogP contribution is 2.60. The monoisotopic (exact) mass is 501 g/mol. The first-order chi connectivity index (χ1) is 17.4. The third-order valence-electron chi connectivity index (χ3n) is 8.87. The van der Waals surface area contributed by atoms with Crippen LogP contribution in [0.5, 0.6) is 0 Å². The number of hydrogen-bond acceptors (Lipinski definition) is 5. The number of anilines is 1. The summed E-state index contributed by atoms with van der Waals surface area (Å²) >= 11 is 1.62. The van der Waals surface area contributed by atoms with E-state index in [-0.39, 0.29) is 5.82 Å². The van der Waals surface area contributed by atoms with E-state index in [4.69, 9.17) is 4.52 Å². The lowest BCUT2D eigenvalue weighted by atomic mass is 9.55. The fourth-order valence-corrected chi connectivity index (χ4v) is 7.85. The number of halogens is 1. The maximum atomic E-state index is 14.4. The van der Waals surface area contributed by atoms with Crippen LogP contribution in [0.25, 0.3) is 21.5 Å². The fourth-order valence-electron chi connectivity index (χ4n) is 6.72. The first-order valence-electron chi connectivity index (χ1n) is 13.3. The van der Waals surface area contributed by atoms with Crippen molar-refractivity contribution in [1.29, 1.82) is 0 Å². The van der Waals surface area contributed by atoms with E-state index in [2.05, 4.69) is 47.1 Å². The molecule has 3 fully saturated rings. The van der Waals surface area contributed by atoms with E-state index in [0.717, 1.165) is 39.9 Å². The zero-order valence-corrected chi connectivity index (χ0v) is 22.1. The molecule has 7 rings (SSSR count). The lowest BCUT2D eigenvalue weighted by Crippen LogP contribution is -2.46. The summed E-state index contributed by atoms with van der Waals surface area (Å²) in [6.45, 7) is 8.30. The zero-order valence-electron chi connectivity index (χ0n) is 21.2. The maximum absolute atomic E-state index is 14.4. The second kappa shape index (κ2) is 8.14. The first-order valence-corrected chi connectivity index (χ1v) is 14.1. The number of aromatic nitrogens is 2. The van der Waals surface area contributed by atoms with Gasteiger partial charge in [-0.2, -0.15) is 0 Å². The number of aryl methyl sites for hydroxylation is 3. The number of thiazole rings is 1. The molecule has 2 aromatic carbocycles.